The number of halogens is 2. The maximum absolute atomic E-state index is 13.1. The topological polar surface area (TPSA) is 45.7 Å². The second-order valence-corrected chi connectivity index (χ2v) is 8.67. The number of thiophene rings is 1. The average molecular weight is 474 g/mol. The summed E-state index contributed by atoms with van der Waals surface area (Å²) in [4.78, 5) is 23.0. The van der Waals surface area contributed by atoms with E-state index in [1.807, 2.05) is 23.6 Å². The molecular formula is C20H25Cl2N3O2S2. The molecule has 29 heavy (non-hydrogen) atoms. The van der Waals surface area contributed by atoms with Crippen LogP contribution in [0.2, 0.25) is 5.02 Å². The number of thiazole rings is 1. The van der Waals surface area contributed by atoms with Crippen LogP contribution in [0.5, 0.6) is 5.75 Å². The van der Waals surface area contributed by atoms with Crippen LogP contribution in [0.3, 0.4) is 0 Å². The normalized spacial score (nSPS) is 10.9. The van der Waals surface area contributed by atoms with Crippen LogP contribution in [-0.4, -0.2) is 49.1 Å². The summed E-state index contributed by atoms with van der Waals surface area (Å²) in [5, 5.41) is 3.27. The van der Waals surface area contributed by atoms with Crippen LogP contribution in [0.15, 0.2) is 29.6 Å². The van der Waals surface area contributed by atoms with Crippen LogP contribution >= 0.6 is 46.7 Å². The van der Waals surface area contributed by atoms with Crippen molar-refractivity contribution < 1.29 is 9.53 Å². The number of methoxy groups -OCH3 is 1. The summed E-state index contributed by atoms with van der Waals surface area (Å²) in [6.07, 6.45) is 0.372. The van der Waals surface area contributed by atoms with Gasteiger partial charge in [-0.15, -0.1) is 23.7 Å². The number of aromatic nitrogens is 1. The first-order valence-electron chi connectivity index (χ1n) is 9.25. The minimum Gasteiger partial charge on any atom is -0.494 e. The van der Waals surface area contributed by atoms with E-state index in [1.165, 1.54) is 11.3 Å². The van der Waals surface area contributed by atoms with Crippen molar-refractivity contribution in [2.24, 2.45) is 0 Å². The molecule has 0 fully saturated rings. The molecule has 0 aliphatic carbocycles. The van der Waals surface area contributed by atoms with Crippen molar-refractivity contribution in [2.75, 3.05) is 38.2 Å². The third-order valence-corrected chi connectivity index (χ3v) is 7.05. The van der Waals surface area contributed by atoms with Gasteiger partial charge in [-0.3, -0.25) is 9.69 Å². The first kappa shape index (κ1) is 23.9. The Morgan fingerprint density at radius 3 is 2.59 bits per heavy atom. The number of rotatable bonds is 9. The molecule has 0 saturated carbocycles. The highest BCUT2D eigenvalue weighted by atomic mass is 35.5. The minimum absolute atomic E-state index is 0. The van der Waals surface area contributed by atoms with Gasteiger partial charge in [-0.25, -0.2) is 4.98 Å². The Morgan fingerprint density at radius 2 is 1.97 bits per heavy atom. The van der Waals surface area contributed by atoms with Crippen LogP contribution in [0.25, 0.3) is 10.2 Å². The molecule has 0 aliphatic heterocycles. The quantitative estimate of drug-likeness (QED) is 0.419. The first-order chi connectivity index (χ1) is 13.6. The zero-order chi connectivity index (χ0) is 20.1. The third-order valence-electron chi connectivity index (χ3n) is 4.64. The molecule has 0 spiro atoms. The molecule has 3 rings (SSSR count). The molecule has 3 aromatic rings. The van der Waals surface area contributed by atoms with Gasteiger partial charge in [-0.2, -0.15) is 0 Å². The van der Waals surface area contributed by atoms with Crippen LogP contribution in [0, 0.1) is 0 Å². The Labute approximate surface area is 190 Å². The Kier molecular flexibility index (Phi) is 9.17. The number of nitrogens with zero attached hydrogens (tertiary/aromatic N) is 3. The maximum Gasteiger partial charge on any atom is 0.234 e. The smallest absolute Gasteiger partial charge is 0.234 e. The lowest BCUT2D eigenvalue weighted by molar-refractivity contribution is -0.118. The monoisotopic (exact) mass is 473 g/mol. The zero-order valence-corrected chi connectivity index (χ0v) is 19.9. The van der Waals surface area contributed by atoms with Gasteiger partial charge in [0.2, 0.25) is 5.91 Å². The molecule has 0 radical (unpaired) electrons. The number of likely N-dealkylation sites (N-methyl/N-ethyl adjacent to an activating group) is 1. The van der Waals surface area contributed by atoms with E-state index in [0.717, 1.165) is 29.2 Å². The summed E-state index contributed by atoms with van der Waals surface area (Å²) in [7, 11) is 1.61. The van der Waals surface area contributed by atoms with Gasteiger partial charge in [0.15, 0.2) is 5.13 Å². The van der Waals surface area contributed by atoms with Gasteiger partial charge in [0.05, 0.1) is 23.3 Å². The minimum atomic E-state index is 0. The van der Waals surface area contributed by atoms with Crippen molar-refractivity contribution in [3.63, 3.8) is 0 Å². The van der Waals surface area contributed by atoms with E-state index in [9.17, 15) is 4.79 Å². The van der Waals surface area contributed by atoms with Crippen molar-refractivity contribution >= 4 is 67.9 Å². The molecule has 9 heteroatoms. The molecule has 0 N–H and O–H groups in total. The highest BCUT2D eigenvalue weighted by Gasteiger charge is 2.23. The summed E-state index contributed by atoms with van der Waals surface area (Å²) in [6, 6.07) is 7.57. The number of hydrogen-bond acceptors (Lipinski definition) is 6. The number of hydrogen-bond donors (Lipinski definition) is 0. The van der Waals surface area contributed by atoms with E-state index in [4.69, 9.17) is 21.3 Å². The molecule has 0 atom stereocenters. The van der Waals surface area contributed by atoms with Crippen molar-refractivity contribution in [3.8, 4) is 5.75 Å². The zero-order valence-electron chi connectivity index (χ0n) is 16.7. The number of ether oxygens (including phenoxy) is 1. The SMILES string of the molecule is CCN(CC)CCN(C(=O)Cc1cccs1)c1nc2c(OC)ccc(Cl)c2s1.Cl. The standard InChI is InChI=1S/C20H24ClN3O2S2.ClH/c1-4-23(5-2)10-11-24(17(25)13-14-7-6-12-27-14)20-22-18-16(26-3)9-8-15(21)19(18)28-20;/h6-9,12H,4-5,10-11,13H2,1-3H3;1H. The van der Waals surface area contributed by atoms with E-state index in [-0.39, 0.29) is 18.3 Å². The highest BCUT2D eigenvalue weighted by Crippen LogP contribution is 2.38. The van der Waals surface area contributed by atoms with E-state index in [2.05, 4.69) is 18.7 Å². The summed E-state index contributed by atoms with van der Waals surface area (Å²) in [5.74, 6) is 0.708. The maximum atomic E-state index is 13.1. The summed E-state index contributed by atoms with van der Waals surface area (Å²) in [6.45, 7) is 7.54. The summed E-state index contributed by atoms with van der Waals surface area (Å²) >= 11 is 9.41. The number of fused-ring (bicyclic) bond motifs is 1. The predicted molar refractivity (Wildman–Crippen MR) is 127 cm³/mol. The number of carbonyl (C=O) groups is 1. The van der Waals surface area contributed by atoms with Crippen LogP contribution in [0.4, 0.5) is 5.13 Å². The Balaban J connectivity index is 0.00000300. The van der Waals surface area contributed by atoms with Gasteiger partial charge in [-0.05, 0) is 36.7 Å². The fourth-order valence-corrected chi connectivity index (χ4v) is 4.98. The molecule has 0 saturated heterocycles. The van der Waals surface area contributed by atoms with E-state index in [0.29, 0.717) is 34.4 Å². The molecular weight excluding hydrogens is 449 g/mol. The average Bonchev–Trinajstić information content (AvgIpc) is 3.36. The van der Waals surface area contributed by atoms with Crippen molar-refractivity contribution in [3.05, 3.63) is 39.5 Å². The van der Waals surface area contributed by atoms with Gasteiger partial charge in [0, 0.05) is 18.0 Å². The van der Waals surface area contributed by atoms with E-state index >= 15 is 0 Å². The molecule has 2 aromatic heterocycles. The lowest BCUT2D eigenvalue weighted by atomic mass is 10.3. The van der Waals surface area contributed by atoms with Crippen LogP contribution < -0.4 is 9.64 Å². The highest BCUT2D eigenvalue weighted by molar-refractivity contribution is 7.23. The van der Waals surface area contributed by atoms with Crippen molar-refractivity contribution in [2.45, 2.75) is 20.3 Å². The lowest BCUT2D eigenvalue weighted by Crippen LogP contribution is -2.39. The fraction of sp³-hybridized carbons (Fsp3) is 0.400. The molecule has 158 valence electrons. The largest absolute Gasteiger partial charge is 0.494 e. The van der Waals surface area contributed by atoms with Crippen molar-refractivity contribution in [1.82, 2.24) is 9.88 Å². The third kappa shape index (κ3) is 5.61. The van der Waals surface area contributed by atoms with E-state index in [1.54, 1.807) is 29.4 Å². The molecule has 1 amide bonds. The summed E-state index contributed by atoms with van der Waals surface area (Å²) in [5.41, 5.74) is 0.701. The summed E-state index contributed by atoms with van der Waals surface area (Å²) < 4.78 is 6.27. The first-order valence-corrected chi connectivity index (χ1v) is 11.3. The molecule has 0 bridgehead atoms. The van der Waals surface area contributed by atoms with Gasteiger partial charge < -0.3 is 9.64 Å². The molecule has 1 aromatic carbocycles. The number of carbonyl (C=O) groups excluding carboxylic acids is 1. The van der Waals surface area contributed by atoms with Crippen LogP contribution in [0.1, 0.15) is 18.7 Å². The molecule has 2 heterocycles. The van der Waals surface area contributed by atoms with Gasteiger partial charge in [-0.1, -0.05) is 42.9 Å². The molecule has 0 unspecified atom stereocenters. The lowest BCUT2D eigenvalue weighted by Gasteiger charge is -2.24. The second kappa shape index (κ2) is 11.1. The Morgan fingerprint density at radius 1 is 1.21 bits per heavy atom. The fourth-order valence-electron chi connectivity index (χ4n) is 2.99. The van der Waals surface area contributed by atoms with Crippen molar-refractivity contribution in [1.29, 1.82) is 0 Å². The molecule has 5 nitrogen and oxygen atoms in total. The van der Waals surface area contributed by atoms with Gasteiger partial charge in [0.1, 0.15) is 11.3 Å². The second-order valence-electron chi connectivity index (χ2n) is 6.25. The number of benzene rings is 1. The van der Waals surface area contributed by atoms with Gasteiger partial charge in [0.25, 0.3) is 0 Å². The Bertz CT molecular complexity index is 927. The molecule has 0 aliphatic rings. The predicted octanol–water partition coefficient (Wildman–Crippen LogP) is 5.36. The van der Waals surface area contributed by atoms with Crippen LogP contribution in [-0.2, 0) is 11.2 Å². The number of anilines is 1. The van der Waals surface area contributed by atoms with Gasteiger partial charge >= 0.3 is 0 Å². The number of amides is 1. The van der Waals surface area contributed by atoms with E-state index < -0.39 is 0 Å². The Hall–Kier alpha value is -1.38.